The van der Waals surface area contributed by atoms with E-state index in [1.54, 1.807) is 18.2 Å². The lowest BCUT2D eigenvalue weighted by Gasteiger charge is -2.14. The van der Waals surface area contributed by atoms with E-state index < -0.39 is 41.5 Å². The van der Waals surface area contributed by atoms with Crippen LogP contribution in [0, 0.1) is 0 Å². The van der Waals surface area contributed by atoms with Crippen LogP contribution in [-0.4, -0.2) is 25.3 Å². The van der Waals surface area contributed by atoms with E-state index in [-0.39, 0.29) is 17.5 Å². The van der Waals surface area contributed by atoms with E-state index in [1.807, 2.05) is 5.32 Å². The molecule has 0 aliphatic rings. The minimum absolute atomic E-state index is 0.0251. The first-order valence-electron chi connectivity index (χ1n) is 9.18. The maximum absolute atomic E-state index is 13.0. The van der Waals surface area contributed by atoms with E-state index in [0.29, 0.717) is 29.2 Å². The minimum Gasteiger partial charge on any atom is -0.493 e. The number of carbonyl (C=O) groups is 1. The molecule has 0 bridgehead atoms. The molecule has 1 amide bonds. The minimum atomic E-state index is -5.03. The number of hydrogen-bond acceptors (Lipinski definition) is 5. The second-order valence-electron chi connectivity index (χ2n) is 6.77. The van der Waals surface area contributed by atoms with Crippen molar-refractivity contribution in [2.45, 2.75) is 18.8 Å². The van der Waals surface area contributed by atoms with Crippen LogP contribution in [0.4, 0.5) is 32.0 Å². The summed E-state index contributed by atoms with van der Waals surface area (Å²) in [6.45, 7) is 0. The standard InChI is InChI=1S/C21H16F6N2O4/c1-31-16-4-3-11(5-18(16)32-2)17-9-15(29-33-17)10-19(30)28-14-7-12(20(22,23)24)6-13(8-14)21(25,26)27/h3-9H,10H2,1-2H3,(H,28,30). The Hall–Kier alpha value is -3.70. The molecule has 0 saturated carbocycles. The largest absolute Gasteiger partial charge is 0.493 e. The average molecular weight is 474 g/mol. The van der Waals surface area contributed by atoms with Gasteiger partial charge in [-0.25, -0.2) is 0 Å². The van der Waals surface area contributed by atoms with Gasteiger partial charge in [0.05, 0.1) is 37.5 Å². The lowest BCUT2D eigenvalue weighted by Crippen LogP contribution is -2.17. The van der Waals surface area contributed by atoms with Gasteiger partial charge < -0.3 is 19.3 Å². The summed E-state index contributed by atoms with van der Waals surface area (Å²) in [6, 6.07) is 7.10. The number of halogens is 6. The van der Waals surface area contributed by atoms with Gasteiger partial charge in [-0.2, -0.15) is 26.3 Å². The van der Waals surface area contributed by atoms with Gasteiger partial charge in [0.25, 0.3) is 0 Å². The molecule has 3 aromatic rings. The lowest BCUT2D eigenvalue weighted by atomic mass is 10.1. The summed E-state index contributed by atoms with van der Waals surface area (Å²) in [7, 11) is 2.90. The molecule has 0 unspecified atom stereocenters. The third-order valence-corrected chi connectivity index (χ3v) is 4.44. The highest BCUT2D eigenvalue weighted by molar-refractivity contribution is 5.92. The molecule has 176 valence electrons. The van der Waals surface area contributed by atoms with Gasteiger partial charge in [0, 0.05) is 17.3 Å². The van der Waals surface area contributed by atoms with Crippen LogP contribution in [0.2, 0.25) is 0 Å². The highest BCUT2D eigenvalue weighted by Crippen LogP contribution is 2.37. The smallest absolute Gasteiger partial charge is 0.416 e. The molecule has 0 aliphatic heterocycles. The number of methoxy groups -OCH3 is 2. The second kappa shape index (κ2) is 9.04. The van der Waals surface area contributed by atoms with Crippen molar-refractivity contribution in [3.8, 4) is 22.8 Å². The second-order valence-corrected chi connectivity index (χ2v) is 6.77. The highest BCUT2D eigenvalue weighted by Gasteiger charge is 2.37. The Kier molecular flexibility index (Phi) is 6.56. The average Bonchev–Trinajstić information content (AvgIpc) is 3.19. The number of hydrogen-bond donors (Lipinski definition) is 1. The molecule has 1 heterocycles. The summed E-state index contributed by atoms with van der Waals surface area (Å²) in [6.07, 6.45) is -10.5. The predicted octanol–water partition coefficient (Wildman–Crippen LogP) is 5.58. The van der Waals surface area contributed by atoms with Crippen LogP contribution in [0.25, 0.3) is 11.3 Å². The van der Waals surface area contributed by atoms with Crippen molar-refractivity contribution >= 4 is 11.6 Å². The van der Waals surface area contributed by atoms with Crippen LogP contribution in [0.15, 0.2) is 47.0 Å². The van der Waals surface area contributed by atoms with Crippen molar-refractivity contribution in [1.29, 1.82) is 0 Å². The quantitative estimate of drug-likeness (QED) is 0.473. The van der Waals surface area contributed by atoms with Crippen molar-refractivity contribution in [2.24, 2.45) is 0 Å². The maximum atomic E-state index is 13.0. The number of nitrogens with one attached hydrogen (secondary N) is 1. The van der Waals surface area contributed by atoms with E-state index in [4.69, 9.17) is 14.0 Å². The van der Waals surface area contributed by atoms with Gasteiger partial charge in [-0.3, -0.25) is 4.79 Å². The molecule has 0 spiro atoms. The summed E-state index contributed by atoms with van der Waals surface area (Å²) in [5.74, 6) is 0.266. The highest BCUT2D eigenvalue weighted by atomic mass is 19.4. The SMILES string of the molecule is COc1ccc(-c2cc(CC(=O)Nc3cc(C(F)(F)F)cc(C(F)(F)F)c3)no2)cc1OC. The number of rotatable bonds is 6. The molecule has 0 saturated heterocycles. The number of anilines is 1. The number of benzene rings is 2. The molecular weight excluding hydrogens is 458 g/mol. The summed E-state index contributed by atoms with van der Waals surface area (Å²) in [5.41, 5.74) is -3.07. The number of aromatic nitrogens is 1. The molecule has 3 rings (SSSR count). The van der Waals surface area contributed by atoms with Crippen LogP contribution in [0.3, 0.4) is 0 Å². The van der Waals surface area contributed by atoms with Gasteiger partial charge in [-0.1, -0.05) is 5.16 Å². The van der Waals surface area contributed by atoms with Gasteiger partial charge in [-0.05, 0) is 36.4 Å². The summed E-state index contributed by atoms with van der Waals surface area (Å²) in [4.78, 5) is 12.2. The Morgan fingerprint density at radius 3 is 2.06 bits per heavy atom. The third-order valence-electron chi connectivity index (χ3n) is 4.44. The number of carbonyl (C=O) groups excluding carboxylic acids is 1. The Morgan fingerprint density at radius 1 is 0.909 bits per heavy atom. The molecule has 0 atom stereocenters. The van der Waals surface area contributed by atoms with Crippen molar-refractivity contribution in [1.82, 2.24) is 5.16 Å². The fourth-order valence-electron chi connectivity index (χ4n) is 2.92. The van der Waals surface area contributed by atoms with Crippen molar-refractivity contribution in [3.05, 3.63) is 59.3 Å². The van der Waals surface area contributed by atoms with E-state index in [2.05, 4.69) is 5.16 Å². The Balaban J connectivity index is 1.78. The zero-order valence-electron chi connectivity index (χ0n) is 17.1. The van der Waals surface area contributed by atoms with Gasteiger partial charge in [0.1, 0.15) is 0 Å². The molecule has 0 aliphatic carbocycles. The van der Waals surface area contributed by atoms with E-state index >= 15 is 0 Å². The van der Waals surface area contributed by atoms with Crippen molar-refractivity contribution < 1.29 is 45.1 Å². The molecule has 6 nitrogen and oxygen atoms in total. The first-order chi connectivity index (χ1) is 15.4. The van der Waals surface area contributed by atoms with Crippen LogP contribution in [-0.2, 0) is 23.6 Å². The molecule has 1 aromatic heterocycles. The molecule has 33 heavy (non-hydrogen) atoms. The molecule has 12 heteroatoms. The first-order valence-corrected chi connectivity index (χ1v) is 9.18. The van der Waals surface area contributed by atoms with E-state index in [1.165, 1.54) is 20.3 Å². The topological polar surface area (TPSA) is 73.6 Å². The molecule has 2 aromatic carbocycles. The first kappa shape index (κ1) is 24.0. The molecule has 0 radical (unpaired) electrons. The van der Waals surface area contributed by atoms with Crippen LogP contribution < -0.4 is 14.8 Å². The normalized spacial score (nSPS) is 11.9. The monoisotopic (exact) mass is 474 g/mol. The van der Waals surface area contributed by atoms with Crippen molar-refractivity contribution in [3.63, 3.8) is 0 Å². The van der Waals surface area contributed by atoms with Crippen molar-refractivity contribution in [2.75, 3.05) is 19.5 Å². The number of nitrogens with zero attached hydrogens (tertiary/aromatic N) is 1. The summed E-state index contributed by atoms with van der Waals surface area (Å²) >= 11 is 0. The number of ether oxygens (including phenoxy) is 2. The van der Waals surface area contributed by atoms with Gasteiger partial charge >= 0.3 is 12.4 Å². The maximum Gasteiger partial charge on any atom is 0.416 e. The van der Waals surface area contributed by atoms with Gasteiger partial charge in [0.2, 0.25) is 5.91 Å². The van der Waals surface area contributed by atoms with Crippen LogP contribution in [0.1, 0.15) is 16.8 Å². The molecule has 1 N–H and O–H groups in total. The summed E-state index contributed by atoms with van der Waals surface area (Å²) < 4.78 is 93.3. The Bertz CT molecular complexity index is 1120. The van der Waals surface area contributed by atoms with Crippen LogP contribution >= 0.6 is 0 Å². The Morgan fingerprint density at radius 2 is 1.52 bits per heavy atom. The van der Waals surface area contributed by atoms with E-state index in [9.17, 15) is 31.1 Å². The fourth-order valence-corrected chi connectivity index (χ4v) is 2.92. The summed E-state index contributed by atoms with van der Waals surface area (Å²) in [5, 5.41) is 5.76. The third kappa shape index (κ3) is 5.76. The van der Waals surface area contributed by atoms with Crippen LogP contribution in [0.5, 0.6) is 11.5 Å². The Labute approximate surface area is 183 Å². The zero-order chi connectivity index (χ0) is 24.4. The zero-order valence-corrected chi connectivity index (χ0v) is 17.1. The molecular formula is C21H16F6N2O4. The fraction of sp³-hybridized carbons (Fsp3) is 0.238. The van der Waals surface area contributed by atoms with Gasteiger partial charge in [0.15, 0.2) is 17.3 Å². The molecule has 0 fully saturated rings. The predicted molar refractivity (Wildman–Crippen MR) is 104 cm³/mol. The number of amides is 1. The lowest BCUT2D eigenvalue weighted by molar-refractivity contribution is -0.143. The number of alkyl halides is 6. The van der Waals surface area contributed by atoms with Gasteiger partial charge in [-0.15, -0.1) is 0 Å². The van der Waals surface area contributed by atoms with E-state index in [0.717, 1.165) is 0 Å².